The van der Waals surface area contributed by atoms with Gasteiger partial charge in [0.15, 0.2) is 0 Å². The lowest BCUT2D eigenvalue weighted by molar-refractivity contribution is -0.139. The molecule has 122 valence electrons. The molecule has 1 heterocycles. The van der Waals surface area contributed by atoms with Crippen LogP contribution >= 0.6 is 0 Å². The molecule has 2 rings (SSSR count). The van der Waals surface area contributed by atoms with Crippen LogP contribution < -0.4 is 0 Å². The minimum absolute atomic E-state index is 0.314. The molecule has 0 amide bonds. The number of halogens is 3. The predicted molar refractivity (Wildman–Crippen MR) is 75.8 cm³/mol. The topological polar surface area (TPSA) is 43.8 Å². The van der Waals surface area contributed by atoms with Crippen LogP contribution in [-0.2, 0) is 11.0 Å². The average molecular weight is 316 g/mol. The summed E-state index contributed by atoms with van der Waals surface area (Å²) in [6.45, 7) is 3.56. The average Bonchev–Trinajstić information content (AvgIpc) is 2.45. The lowest BCUT2D eigenvalue weighted by atomic mass is 9.97. The summed E-state index contributed by atoms with van der Waals surface area (Å²) in [4.78, 5) is 15.7. The van der Waals surface area contributed by atoms with Crippen LogP contribution in [0.3, 0.4) is 0 Å². The number of rotatable bonds is 4. The van der Waals surface area contributed by atoms with Gasteiger partial charge in [-0.3, -0.25) is 9.69 Å². The normalized spacial score (nSPS) is 19.1. The number of likely N-dealkylation sites (N-methyl/N-ethyl adjacent to an activating group) is 1. The Labute approximate surface area is 127 Å². The van der Waals surface area contributed by atoms with Crippen molar-refractivity contribution >= 4 is 5.97 Å². The zero-order valence-corrected chi connectivity index (χ0v) is 12.3. The molecule has 4 nitrogen and oxygen atoms in total. The highest BCUT2D eigenvalue weighted by Gasteiger charge is 2.31. The third-order valence-electron chi connectivity index (χ3n) is 3.98. The van der Waals surface area contributed by atoms with Gasteiger partial charge >= 0.3 is 12.1 Å². The largest absolute Gasteiger partial charge is 0.481 e. The van der Waals surface area contributed by atoms with E-state index in [2.05, 4.69) is 4.90 Å². The standard InChI is InChI=1S/C15H19F3N2O2/c1-19-6-8-20(9-7-19)10-13(14(21)22)11-2-4-12(5-3-11)15(16,17)18/h2-5,13H,6-10H2,1H3,(H,21,22). The van der Waals surface area contributed by atoms with Gasteiger partial charge in [0.25, 0.3) is 0 Å². The molecule has 1 aromatic rings. The SMILES string of the molecule is CN1CCN(CC(C(=O)O)c2ccc(C(F)(F)F)cc2)CC1. The molecule has 1 atom stereocenters. The summed E-state index contributed by atoms with van der Waals surface area (Å²) >= 11 is 0. The molecule has 0 bridgehead atoms. The fourth-order valence-corrected chi connectivity index (χ4v) is 2.52. The van der Waals surface area contributed by atoms with Crippen molar-refractivity contribution in [2.45, 2.75) is 12.1 Å². The van der Waals surface area contributed by atoms with E-state index in [1.54, 1.807) is 0 Å². The van der Waals surface area contributed by atoms with E-state index in [1.165, 1.54) is 12.1 Å². The van der Waals surface area contributed by atoms with E-state index in [9.17, 15) is 23.1 Å². The van der Waals surface area contributed by atoms with Gasteiger partial charge in [0.05, 0.1) is 11.5 Å². The number of carbonyl (C=O) groups is 1. The minimum atomic E-state index is -4.41. The van der Waals surface area contributed by atoms with Gasteiger partial charge < -0.3 is 10.0 Å². The van der Waals surface area contributed by atoms with E-state index in [-0.39, 0.29) is 0 Å². The summed E-state index contributed by atoms with van der Waals surface area (Å²) in [6.07, 6.45) is -4.41. The number of piperazine rings is 1. The van der Waals surface area contributed by atoms with Crippen LogP contribution in [0.2, 0.25) is 0 Å². The Kier molecular flexibility index (Phi) is 5.08. The first kappa shape index (κ1) is 16.8. The maximum atomic E-state index is 12.6. The van der Waals surface area contributed by atoms with Gasteiger partial charge in [-0.05, 0) is 24.7 Å². The summed E-state index contributed by atoms with van der Waals surface area (Å²) in [5, 5.41) is 9.38. The van der Waals surface area contributed by atoms with Crippen molar-refractivity contribution in [3.8, 4) is 0 Å². The monoisotopic (exact) mass is 316 g/mol. The van der Waals surface area contributed by atoms with Crippen molar-refractivity contribution in [2.24, 2.45) is 0 Å². The predicted octanol–water partition coefficient (Wildman–Crippen LogP) is 2.12. The molecule has 1 aromatic carbocycles. The maximum absolute atomic E-state index is 12.6. The number of benzene rings is 1. The van der Waals surface area contributed by atoms with Gasteiger partial charge in [0.1, 0.15) is 0 Å². The van der Waals surface area contributed by atoms with E-state index in [0.717, 1.165) is 38.3 Å². The molecule has 1 saturated heterocycles. The quantitative estimate of drug-likeness (QED) is 0.924. The van der Waals surface area contributed by atoms with E-state index < -0.39 is 23.6 Å². The lowest BCUT2D eigenvalue weighted by Crippen LogP contribution is -2.46. The molecule has 1 unspecified atom stereocenters. The Bertz CT molecular complexity index is 509. The third-order valence-corrected chi connectivity index (χ3v) is 3.98. The fraction of sp³-hybridized carbons (Fsp3) is 0.533. The minimum Gasteiger partial charge on any atom is -0.481 e. The fourth-order valence-electron chi connectivity index (χ4n) is 2.52. The third kappa shape index (κ3) is 4.20. The molecular formula is C15H19F3N2O2. The van der Waals surface area contributed by atoms with E-state index >= 15 is 0 Å². The van der Waals surface area contributed by atoms with Crippen LogP contribution in [0.1, 0.15) is 17.0 Å². The lowest BCUT2D eigenvalue weighted by Gasteiger charge is -2.33. The molecule has 1 aliphatic heterocycles. The molecule has 1 aliphatic rings. The Morgan fingerprint density at radius 1 is 1.18 bits per heavy atom. The summed E-state index contributed by atoms with van der Waals surface area (Å²) < 4.78 is 37.7. The summed E-state index contributed by atoms with van der Waals surface area (Å²) in [7, 11) is 2.00. The van der Waals surface area contributed by atoms with Gasteiger partial charge in [-0.25, -0.2) is 0 Å². The second-order valence-corrected chi connectivity index (χ2v) is 5.61. The number of carboxylic acids is 1. The molecule has 1 fully saturated rings. The molecule has 0 radical (unpaired) electrons. The van der Waals surface area contributed by atoms with E-state index in [0.29, 0.717) is 12.1 Å². The number of hydrogen-bond donors (Lipinski definition) is 1. The van der Waals surface area contributed by atoms with Crippen molar-refractivity contribution in [1.82, 2.24) is 9.80 Å². The maximum Gasteiger partial charge on any atom is 0.416 e. The van der Waals surface area contributed by atoms with Crippen molar-refractivity contribution in [3.05, 3.63) is 35.4 Å². The van der Waals surface area contributed by atoms with E-state index in [1.807, 2.05) is 11.9 Å². The molecule has 0 spiro atoms. The number of hydrogen-bond acceptors (Lipinski definition) is 3. The van der Waals surface area contributed by atoms with Crippen LogP contribution in [0.4, 0.5) is 13.2 Å². The highest BCUT2D eigenvalue weighted by Crippen LogP contribution is 2.30. The van der Waals surface area contributed by atoms with Crippen LogP contribution in [0.5, 0.6) is 0 Å². The van der Waals surface area contributed by atoms with Gasteiger partial charge in [0.2, 0.25) is 0 Å². The summed E-state index contributed by atoms with van der Waals surface area (Å²) in [5.74, 6) is -1.83. The van der Waals surface area contributed by atoms with Crippen molar-refractivity contribution in [2.75, 3.05) is 39.8 Å². The number of nitrogens with zero attached hydrogens (tertiary/aromatic N) is 2. The Morgan fingerprint density at radius 2 is 1.73 bits per heavy atom. The van der Waals surface area contributed by atoms with Crippen molar-refractivity contribution < 1.29 is 23.1 Å². The highest BCUT2D eigenvalue weighted by atomic mass is 19.4. The van der Waals surface area contributed by atoms with Crippen LogP contribution in [0.25, 0.3) is 0 Å². The highest BCUT2D eigenvalue weighted by molar-refractivity contribution is 5.76. The van der Waals surface area contributed by atoms with Gasteiger partial charge in [-0.2, -0.15) is 13.2 Å². The van der Waals surface area contributed by atoms with Crippen molar-refractivity contribution in [3.63, 3.8) is 0 Å². The first-order valence-corrected chi connectivity index (χ1v) is 7.08. The number of aliphatic carboxylic acids is 1. The Hall–Kier alpha value is -1.60. The van der Waals surface area contributed by atoms with Crippen molar-refractivity contribution in [1.29, 1.82) is 0 Å². The van der Waals surface area contributed by atoms with Gasteiger partial charge in [-0.15, -0.1) is 0 Å². The Morgan fingerprint density at radius 3 is 2.18 bits per heavy atom. The molecule has 0 aliphatic carbocycles. The zero-order chi connectivity index (χ0) is 16.3. The number of alkyl halides is 3. The molecule has 22 heavy (non-hydrogen) atoms. The van der Waals surface area contributed by atoms with Crippen LogP contribution in [-0.4, -0.2) is 60.6 Å². The van der Waals surface area contributed by atoms with Gasteiger partial charge in [0, 0.05) is 32.7 Å². The molecule has 0 saturated carbocycles. The van der Waals surface area contributed by atoms with E-state index in [4.69, 9.17) is 0 Å². The molecule has 7 heteroatoms. The second-order valence-electron chi connectivity index (χ2n) is 5.61. The van der Waals surface area contributed by atoms with Crippen LogP contribution in [0.15, 0.2) is 24.3 Å². The molecule has 1 N–H and O–H groups in total. The molecular weight excluding hydrogens is 297 g/mol. The second kappa shape index (κ2) is 6.66. The number of carboxylic acid groups (broad SMARTS) is 1. The van der Waals surface area contributed by atoms with Crippen LogP contribution in [0, 0.1) is 0 Å². The smallest absolute Gasteiger partial charge is 0.416 e. The zero-order valence-electron chi connectivity index (χ0n) is 12.3. The summed E-state index contributed by atoms with van der Waals surface area (Å²) in [6, 6.07) is 4.40. The summed E-state index contributed by atoms with van der Waals surface area (Å²) in [5.41, 5.74) is -0.362. The molecule has 0 aromatic heterocycles. The first-order chi connectivity index (χ1) is 10.3. The Balaban J connectivity index is 2.09. The first-order valence-electron chi connectivity index (χ1n) is 7.08. The van der Waals surface area contributed by atoms with Gasteiger partial charge in [-0.1, -0.05) is 12.1 Å².